The Morgan fingerprint density at radius 1 is 0.442 bits per heavy atom. The second-order valence-corrected chi connectivity index (χ2v) is 22.7. The van der Waals surface area contributed by atoms with E-state index in [-0.39, 0.29) is 69.7 Å². The molecular formula is C60H102N16O19. The standard InChI is InChI=1S/C60H102N16O19/c1-8-11-12-13-14-15-16-20-46(80)66-43(31-77)58(92)70-38(21-22-48(82)83)54(88)71-39(23-26-62)55(89)69-37(19-17-18-25-61)53(87)67-35(9-2)51(85)73-41(28-33(4)5)57(91)72-40(24-27-63)56(90)75-44(32-78)59(93)68-36(10-3)52(86)74-42(29-45(64)79)50(84)65-30-47(81)76-49(34(6)7)60(94)95/h9-10,33,37-44,77-78H,8,11-32,61-63H2,1-7H3,(H2,64,79)(H,65,84)(H,66,80)(H,67,87)(H,68,93)(H,69,89)(H,70,92)(H,71,88)(H,72,91)(H,73,85)(H,74,86)(H,75,90)(H,76,81)(H,82,83)(H,94,95). The van der Waals surface area contributed by atoms with Crippen LogP contribution in [0.15, 0.2) is 34.8 Å². The fourth-order valence-corrected chi connectivity index (χ4v) is 8.84. The van der Waals surface area contributed by atoms with Gasteiger partial charge in [-0.15, -0.1) is 0 Å². The normalized spacial score (nSPS) is 13.8. The maximum atomic E-state index is 14.1. The Hall–Kier alpha value is -8.93. The molecule has 0 aromatic carbocycles. The zero-order chi connectivity index (χ0) is 72.3. The SMILES string of the molecule is CC=C(NC(=O)C(CO)NC(=O)C(CCN)NC(=O)C(CC(C)C)NC(=O)C(=CC)NC(=O)C(CCCCN)NC(=O)C(CCN)NC(=O)C(CCC(=O)O)NC(=O)C(CO)NC(=O)CCCCCCCCC)C(=O)NC(CC(N)=O)C(=O)NCC(=O)NC(C(=O)O)=C(C)C. The van der Waals surface area contributed by atoms with E-state index in [1.54, 1.807) is 13.8 Å². The number of amides is 13. The van der Waals surface area contributed by atoms with E-state index in [9.17, 15) is 92.3 Å². The number of carboxylic acid groups (broad SMARTS) is 2. The van der Waals surface area contributed by atoms with Gasteiger partial charge >= 0.3 is 11.9 Å². The van der Waals surface area contributed by atoms with Crippen LogP contribution in [0, 0.1) is 5.92 Å². The van der Waals surface area contributed by atoms with Crippen LogP contribution in [0.1, 0.15) is 158 Å². The summed E-state index contributed by atoms with van der Waals surface area (Å²) in [6.07, 6.45) is 6.81. The Labute approximate surface area is 552 Å². The Bertz CT molecular complexity index is 2720. The number of aliphatic carboxylic acids is 2. The minimum Gasteiger partial charge on any atom is -0.481 e. The van der Waals surface area contributed by atoms with Crippen molar-refractivity contribution in [2.45, 2.75) is 206 Å². The summed E-state index contributed by atoms with van der Waals surface area (Å²) in [5.74, 6) is -16.2. The van der Waals surface area contributed by atoms with Crippen LogP contribution in [0.2, 0.25) is 0 Å². The largest absolute Gasteiger partial charge is 0.481 e. The van der Waals surface area contributed by atoms with Crippen LogP contribution in [0.5, 0.6) is 0 Å². The zero-order valence-electron chi connectivity index (χ0n) is 55.3. The Balaban J connectivity index is 6.39. The van der Waals surface area contributed by atoms with Crippen LogP contribution >= 0.6 is 0 Å². The lowest BCUT2D eigenvalue weighted by Crippen LogP contribution is -2.59. The zero-order valence-corrected chi connectivity index (χ0v) is 55.3. The number of rotatable bonds is 49. The molecule has 8 unspecified atom stereocenters. The molecule has 35 nitrogen and oxygen atoms in total. The first kappa shape index (κ1) is 86.1. The number of hydrogen-bond acceptors (Lipinski definition) is 20. The van der Waals surface area contributed by atoms with Crippen molar-refractivity contribution in [3.63, 3.8) is 0 Å². The van der Waals surface area contributed by atoms with Gasteiger partial charge in [-0.2, -0.15) is 0 Å². The van der Waals surface area contributed by atoms with Gasteiger partial charge in [-0.1, -0.05) is 71.4 Å². The third kappa shape index (κ3) is 35.2. The lowest BCUT2D eigenvalue weighted by atomic mass is 10.0. The number of aliphatic hydroxyl groups is 2. The van der Waals surface area contributed by atoms with Crippen molar-refractivity contribution in [3.05, 3.63) is 34.8 Å². The van der Waals surface area contributed by atoms with Crippen molar-refractivity contribution >= 4 is 88.7 Å². The first-order chi connectivity index (χ1) is 44.9. The van der Waals surface area contributed by atoms with Crippen LogP contribution in [-0.4, -0.2) is 197 Å². The van der Waals surface area contributed by atoms with E-state index in [4.69, 9.17) is 22.9 Å². The number of hydrogen-bond donors (Lipinski definition) is 20. The van der Waals surface area contributed by atoms with Gasteiger partial charge in [-0.3, -0.25) is 67.1 Å². The van der Waals surface area contributed by atoms with Gasteiger partial charge in [-0.25, -0.2) is 4.79 Å². The lowest BCUT2D eigenvalue weighted by Gasteiger charge is -2.27. The van der Waals surface area contributed by atoms with E-state index < -0.39 is 193 Å². The van der Waals surface area contributed by atoms with Crippen molar-refractivity contribution in [1.29, 1.82) is 0 Å². The highest BCUT2D eigenvalue weighted by Crippen LogP contribution is 2.12. The van der Waals surface area contributed by atoms with Crippen molar-refractivity contribution in [1.82, 2.24) is 63.8 Å². The predicted molar refractivity (Wildman–Crippen MR) is 344 cm³/mol. The quantitative estimate of drug-likeness (QED) is 0.0201. The summed E-state index contributed by atoms with van der Waals surface area (Å²) in [6, 6.07) is -12.6. The number of aliphatic hydroxyl groups excluding tert-OH is 2. The van der Waals surface area contributed by atoms with Gasteiger partial charge in [0.25, 0.3) is 11.8 Å². The first-order valence-corrected chi connectivity index (χ1v) is 31.6. The minimum absolute atomic E-state index is 0.0624. The monoisotopic (exact) mass is 1350 g/mol. The predicted octanol–water partition coefficient (Wildman–Crippen LogP) is -4.75. The number of unbranched alkanes of at least 4 members (excludes halogenated alkanes) is 7. The molecule has 0 aromatic heterocycles. The second-order valence-electron chi connectivity index (χ2n) is 22.7. The molecule has 0 aliphatic carbocycles. The fourth-order valence-electron chi connectivity index (χ4n) is 8.84. The maximum absolute atomic E-state index is 14.1. The van der Waals surface area contributed by atoms with E-state index >= 15 is 0 Å². The fraction of sp³-hybridized carbons (Fsp3) is 0.650. The average Bonchev–Trinajstić information content (AvgIpc) is 1.32. The number of primary amides is 1. The van der Waals surface area contributed by atoms with Gasteiger partial charge < -0.3 is 107 Å². The van der Waals surface area contributed by atoms with Crippen molar-refractivity contribution in [2.24, 2.45) is 28.9 Å². The molecule has 0 saturated heterocycles. The molecule has 0 spiro atoms. The second kappa shape index (κ2) is 47.9. The molecule has 24 N–H and O–H groups in total. The van der Waals surface area contributed by atoms with E-state index in [0.29, 0.717) is 12.8 Å². The van der Waals surface area contributed by atoms with Gasteiger partial charge in [0.2, 0.25) is 65.0 Å². The number of carbonyl (C=O) groups is 15. The molecule has 13 amide bonds. The Morgan fingerprint density at radius 3 is 1.31 bits per heavy atom. The average molecular weight is 1350 g/mol. The molecule has 0 aliphatic heterocycles. The molecule has 0 fully saturated rings. The Kier molecular flexibility index (Phi) is 43.4. The molecule has 536 valence electrons. The summed E-state index contributed by atoms with van der Waals surface area (Å²) in [6.45, 7) is 7.93. The highest BCUT2D eigenvalue weighted by molar-refractivity contribution is 6.04. The van der Waals surface area contributed by atoms with Gasteiger partial charge in [0.05, 0.1) is 26.2 Å². The lowest BCUT2D eigenvalue weighted by molar-refractivity contribution is -0.139. The van der Waals surface area contributed by atoms with Gasteiger partial charge in [0.1, 0.15) is 65.4 Å². The molecule has 8 atom stereocenters. The number of carbonyl (C=O) groups excluding carboxylic acids is 13. The molecule has 0 bridgehead atoms. The minimum atomic E-state index is -1.83. The summed E-state index contributed by atoms with van der Waals surface area (Å²) >= 11 is 0. The van der Waals surface area contributed by atoms with E-state index in [2.05, 4.69) is 70.7 Å². The van der Waals surface area contributed by atoms with Crippen LogP contribution in [0.4, 0.5) is 0 Å². The van der Waals surface area contributed by atoms with Crippen molar-refractivity contribution < 1.29 is 92.3 Å². The van der Waals surface area contributed by atoms with Crippen LogP contribution in [0.3, 0.4) is 0 Å². The molecule has 0 rings (SSSR count). The van der Waals surface area contributed by atoms with Crippen molar-refractivity contribution in [2.75, 3.05) is 39.4 Å². The maximum Gasteiger partial charge on any atom is 0.352 e. The number of nitrogens with one attached hydrogen (secondary N) is 12. The van der Waals surface area contributed by atoms with Crippen LogP contribution < -0.4 is 86.7 Å². The number of carboxylic acids is 2. The van der Waals surface area contributed by atoms with E-state index in [1.807, 2.05) is 0 Å². The molecule has 0 heterocycles. The smallest absolute Gasteiger partial charge is 0.352 e. The highest BCUT2D eigenvalue weighted by Gasteiger charge is 2.35. The summed E-state index contributed by atoms with van der Waals surface area (Å²) < 4.78 is 0. The molecule has 95 heavy (non-hydrogen) atoms. The van der Waals surface area contributed by atoms with Gasteiger partial charge in [0, 0.05) is 12.8 Å². The van der Waals surface area contributed by atoms with E-state index in [0.717, 1.165) is 44.6 Å². The molecule has 35 heteroatoms. The molecular weight excluding hydrogens is 1250 g/mol. The third-order valence-electron chi connectivity index (χ3n) is 14.0. The number of nitrogens with two attached hydrogens (primary N) is 4. The van der Waals surface area contributed by atoms with Gasteiger partial charge in [0.15, 0.2) is 0 Å². The molecule has 0 saturated carbocycles. The third-order valence-corrected chi connectivity index (χ3v) is 14.0. The van der Waals surface area contributed by atoms with Crippen LogP contribution in [0.25, 0.3) is 0 Å². The van der Waals surface area contributed by atoms with Crippen molar-refractivity contribution in [3.8, 4) is 0 Å². The van der Waals surface area contributed by atoms with E-state index in [1.165, 1.54) is 33.8 Å². The highest BCUT2D eigenvalue weighted by atomic mass is 16.4. The summed E-state index contributed by atoms with van der Waals surface area (Å²) in [4.78, 5) is 197. The molecule has 0 aromatic rings. The first-order valence-electron chi connectivity index (χ1n) is 31.6. The summed E-state index contributed by atoms with van der Waals surface area (Å²) in [5.41, 5.74) is 21.4. The molecule has 0 aliphatic rings. The molecule has 0 radical (unpaired) electrons. The topological polar surface area (TPSA) is 585 Å². The van der Waals surface area contributed by atoms with Crippen LogP contribution in [-0.2, 0) is 71.9 Å². The number of allylic oxidation sites excluding steroid dienone is 3. The van der Waals surface area contributed by atoms with Gasteiger partial charge in [-0.05, 0) is 110 Å². The Morgan fingerprint density at radius 2 is 0.874 bits per heavy atom. The summed E-state index contributed by atoms with van der Waals surface area (Å²) in [7, 11) is 0. The summed E-state index contributed by atoms with van der Waals surface area (Å²) in [5, 5.41) is 67.0.